The molecule has 3 N–H and O–H groups in total. The second kappa shape index (κ2) is 12.1. The highest BCUT2D eigenvalue weighted by atomic mass is 32.2. The number of ether oxygens (including phenoxy) is 2. The first-order chi connectivity index (χ1) is 19.2. The van der Waals surface area contributed by atoms with E-state index >= 15 is 0 Å². The number of sulfonamides is 1. The Hall–Kier alpha value is -3.67. The Balaban J connectivity index is 1.59. The number of amides is 1. The molecule has 4 rings (SSSR count). The number of methoxy groups -OCH3 is 1. The summed E-state index contributed by atoms with van der Waals surface area (Å²) in [6.07, 6.45) is 3.20. The van der Waals surface area contributed by atoms with E-state index in [1.54, 1.807) is 42.6 Å². The first-order valence-corrected chi connectivity index (χ1v) is 15.3. The number of hydrogen-bond donors (Lipinski definition) is 3. The number of β-amino-alcohol motifs (C(OH)–C–C–N with tert-alkyl or cyclic N) is 1. The molecule has 1 amide bonds. The zero-order valence-electron chi connectivity index (χ0n) is 24.3. The lowest BCUT2D eigenvalue weighted by Crippen LogP contribution is -2.22. The molecule has 2 aromatic carbocycles. The summed E-state index contributed by atoms with van der Waals surface area (Å²) in [5, 5.41) is 12.7. The molecule has 0 saturated carbocycles. The standard InChI is InChI=1S/C30H38N4O6S/c1-19-7-8-20(13-27(19)40-24-9-11-31-22(16-24)17-34-12-10-23(35)18-34)29(36)32-25-14-21(30(2,3)4)15-26(28(25)39-5)33-41(6,37)38/h7-9,11,13-16,23,33,35H,10,12,17-18H2,1-6H3,(H,32,36)/t23-/m0/s1. The molecular formula is C30H38N4O6S. The maximum Gasteiger partial charge on any atom is 0.255 e. The van der Waals surface area contributed by atoms with Gasteiger partial charge in [0, 0.05) is 37.5 Å². The quantitative estimate of drug-likeness (QED) is 0.332. The predicted molar refractivity (Wildman–Crippen MR) is 160 cm³/mol. The van der Waals surface area contributed by atoms with Crippen molar-refractivity contribution in [1.82, 2.24) is 9.88 Å². The van der Waals surface area contributed by atoms with E-state index in [4.69, 9.17) is 9.47 Å². The Labute approximate surface area is 241 Å². The number of rotatable bonds is 9. The van der Waals surface area contributed by atoms with Crippen molar-refractivity contribution in [3.8, 4) is 17.2 Å². The summed E-state index contributed by atoms with van der Waals surface area (Å²) in [5.41, 5.74) is 3.08. The first-order valence-electron chi connectivity index (χ1n) is 13.4. The molecule has 220 valence electrons. The molecule has 10 nitrogen and oxygen atoms in total. The SMILES string of the molecule is COc1c(NC(=O)c2ccc(C)c(Oc3ccnc(CN4CC[C@H](O)C4)c3)c2)cc(C(C)(C)C)cc1NS(C)(=O)=O. The number of pyridine rings is 1. The molecule has 1 aliphatic rings. The van der Waals surface area contributed by atoms with E-state index < -0.39 is 15.9 Å². The number of likely N-dealkylation sites (tertiary alicyclic amines) is 1. The van der Waals surface area contributed by atoms with Crippen LogP contribution in [-0.2, 0) is 22.0 Å². The Morgan fingerprint density at radius 3 is 2.51 bits per heavy atom. The molecule has 11 heteroatoms. The van der Waals surface area contributed by atoms with Gasteiger partial charge in [-0.3, -0.25) is 19.4 Å². The Morgan fingerprint density at radius 1 is 1.15 bits per heavy atom. The van der Waals surface area contributed by atoms with Gasteiger partial charge in [0.25, 0.3) is 5.91 Å². The van der Waals surface area contributed by atoms with Gasteiger partial charge in [-0.1, -0.05) is 26.8 Å². The highest BCUT2D eigenvalue weighted by Gasteiger charge is 2.23. The number of nitrogens with one attached hydrogen (secondary N) is 2. The Bertz CT molecular complexity index is 1530. The second-order valence-electron chi connectivity index (χ2n) is 11.4. The van der Waals surface area contributed by atoms with Crippen LogP contribution >= 0.6 is 0 Å². The van der Waals surface area contributed by atoms with Crippen molar-refractivity contribution in [2.75, 3.05) is 36.5 Å². The van der Waals surface area contributed by atoms with Gasteiger partial charge in [0.15, 0.2) is 5.75 Å². The molecule has 0 radical (unpaired) electrons. The molecule has 1 saturated heterocycles. The fourth-order valence-electron chi connectivity index (χ4n) is 4.61. The summed E-state index contributed by atoms with van der Waals surface area (Å²) in [4.78, 5) is 20.0. The van der Waals surface area contributed by atoms with E-state index in [2.05, 4.69) is 19.9 Å². The molecule has 0 spiro atoms. The third kappa shape index (κ3) is 7.96. The maximum atomic E-state index is 13.4. The minimum absolute atomic E-state index is 0.204. The predicted octanol–water partition coefficient (Wildman–Crippen LogP) is 4.68. The average molecular weight is 583 g/mol. The van der Waals surface area contributed by atoms with Gasteiger partial charge in [-0.25, -0.2) is 8.42 Å². The molecule has 1 aliphatic heterocycles. The second-order valence-corrected chi connectivity index (χ2v) is 13.2. The highest BCUT2D eigenvalue weighted by Crippen LogP contribution is 2.39. The lowest BCUT2D eigenvalue weighted by Gasteiger charge is -2.24. The van der Waals surface area contributed by atoms with Crippen LogP contribution in [-0.4, -0.2) is 61.9 Å². The third-order valence-electron chi connectivity index (χ3n) is 6.80. The number of carbonyl (C=O) groups excluding carboxylic acids is 1. The van der Waals surface area contributed by atoms with Crippen molar-refractivity contribution in [2.45, 2.75) is 52.2 Å². The lowest BCUT2D eigenvalue weighted by atomic mass is 9.86. The molecule has 1 atom stereocenters. The van der Waals surface area contributed by atoms with Crippen molar-refractivity contribution in [3.05, 3.63) is 71.0 Å². The van der Waals surface area contributed by atoms with Crippen LogP contribution in [0.2, 0.25) is 0 Å². The lowest BCUT2D eigenvalue weighted by molar-refractivity contribution is 0.102. The number of aryl methyl sites for hydroxylation is 1. The monoisotopic (exact) mass is 582 g/mol. The maximum absolute atomic E-state index is 13.4. The molecule has 0 bridgehead atoms. The number of carbonyl (C=O) groups is 1. The van der Waals surface area contributed by atoms with Crippen LogP contribution in [0.15, 0.2) is 48.7 Å². The van der Waals surface area contributed by atoms with Crippen LogP contribution < -0.4 is 19.5 Å². The molecule has 1 aromatic heterocycles. The van der Waals surface area contributed by atoms with Gasteiger partial charge in [-0.05, 0) is 60.2 Å². The van der Waals surface area contributed by atoms with E-state index in [9.17, 15) is 18.3 Å². The third-order valence-corrected chi connectivity index (χ3v) is 7.39. The average Bonchev–Trinajstić information content (AvgIpc) is 3.28. The van der Waals surface area contributed by atoms with Crippen LogP contribution in [0.4, 0.5) is 11.4 Å². The molecular weight excluding hydrogens is 544 g/mol. The van der Waals surface area contributed by atoms with Gasteiger partial charge < -0.3 is 19.9 Å². The van der Waals surface area contributed by atoms with Crippen LogP contribution in [0.25, 0.3) is 0 Å². The molecule has 0 unspecified atom stereocenters. The number of hydrogen-bond acceptors (Lipinski definition) is 8. The fourth-order valence-corrected chi connectivity index (χ4v) is 5.16. The molecule has 3 aromatic rings. The van der Waals surface area contributed by atoms with Gasteiger partial charge in [-0.15, -0.1) is 0 Å². The number of benzene rings is 2. The van der Waals surface area contributed by atoms with Gasteiger partial charge in [-0.2, -0.15) is 0 Å². The van der Waals surface area contributed by atoms with Gasteiger partial charge in [0.2, 0.25) is 10.0 Å². The smallest absolute Gasteiger partial charge is 0.255 e. The zero-order valence-corrected chi connectivity index (χ0v) is 25.1. The molecule has 0 aliphatic carbocycles. The van der Waals surface area contributed by atoms with Crippen molar-refractivity contribution >= 4 is 27.3 Å². The highest BCUT2D eigenvalue weighted by molar-refractivity contribution is 7.92. The van der Waals surface area contributed by atoms with E-state index in [1.165, 1.54) is 7.11 Å². The first kappa shape index (κ1) is 30.3. The topological polar surface area (TPSA) is 130 Å². The van der Waals surface area contributed by atoms with Crippen molar-refractivity contribution < 1.29 is 27.8 Å². The normalized spacial score (nSPS) is 15.9. The van der Waals surface area contributed by atoms with Crippen molar-refractivity contribution in [2.24, 2.45) is 0 Å². The largest absolute Gasteiger partial charge is 0.492 e. The number of aliphatic hydroxyl groups excluding tert-OH is 1. The summed E-state index contributed by atoms with van der Waals surface area (Å²) < 4.78 is 38.3. The number of anilines is 2. The fraction of sp³-hybridized carbons (Fsp3) is 0.400. The van der Waals surface area contributed by atoms with E-state index in [0.29, 0.717) is 35.8 Å². The molecule has 2 heterocycles. The number of aliphatic hydroxyl groups is 1. The van der Waals surface area contributed by atoms with Crippen molar-refractivity contribution in [1.29, 1.82) is 0 Å². The van der Waals surface area contributed by atoms with Crippen LogP contribution in [0.3, 0.4) is 0 Å². The van der Waals surface area contributed by atoms with Gasteiger partial charge >= 0.3 is 0 Å². The van der Waals surface area contributed by atoms with Crippen LogP contribution in [0.5, 0.6) is 17.2 Å². The van der Waals surface area contributed by atoms with Gasteiger partial charge in [0.05, 0.1) is 36.5 Å². The van der Waals surface area contributed by atoms with E-state index in [0.717, 1.165) is 36.0 Å². The minimum atomic E-state index is -3.60. The summed E-state index contributed by atoms with van der Waals surface area (Å²) >= 11 is 0. The Kier molecular flexibility index (Phi) is 8.91. The zero-order chi connectivity index (χ0) is 29.9. The minimum Gasteiger partial charge on any atom is -0.492 e. The molecule has 1 fully saturated rings. The van der Waals surface area contributed by atoms with Crippen LogP contribution in [0, 0.1) is 6.92 Å². The summed E-state index contributed by atoms with van der Waals surface area (Å²) in [6.45, 7) is 9.93. The summed E-state index contributed by atoms with van der Waals surface area (Å²) in [7, 11) is -2.18. The Morgan fingerprint density at radius 2 is 1.88 bits per heavy atom. The molecule has 41 heavy (non-hydrogen) atoms. The van der Waals surface area contributed by atoms with Gasteiger partial charge in [0.1, 0.15) is 11.5 Å². The summed E-state index contributed by atoms with van der Waals surface area (Å²) in [5.74, 6) is 0.899. The van der Waals surface area contributed by atoms with E-state index in [1.807, 2.05) is 33.8 Å². The number of aromatic nitrogens is 1. The summed E-state index contributed by atoms with van der Waals surface area (Å²) in [6, 6.07) is 12.3. The number of nitrogens with zero attached hydrogens (tertiary/aromatic N) is 2. The van der Waals surface area contributed by atoms with Crippen molar-refractivity contribution in [3.63, 3.8) is 0 Å². The van der Waals surface area contributed by atoms with Crippen LogP contribution in [0.1, 0.15) is 54.4 Å². The van der Waals surface area contributed by atoms with E-state index in [-0.39, 0.29) is 23.0 Å².